The predicted octanol–water partition coefficient (Wildman–Crippen LogP) is 5.23. The van der Waals surface area contributed by atoms with E-state index in [4.69, 9.17) is 0 Å². The van der Waals surface area contributed by atoms with Gasteiger partial charge in [-0.15, -0.1) is 0 Å². The third kappa shape index (κ3) is 5.63. The maximum atomic E-state index is 12.9. The van der Waals surface area contributed by atoms with Crippen molar-refractivity contribution in [2.75, 3.05) is 13.6 Å². The third-order valence-electron chi connectivity index (χ3n) is 4.48. The molecule has 3 aromatic rings. The first kappa shape index (κ1) is 20.0. The molecule has 1 aromatic heterocycles. The highest BCUT2D eigenvalue weighted by molar-refractivity contribution is 5.60. The van der Waals surface area contributed by atoms with Crippen molar-refractivity contribution in [1.82, 2.24) is 14.9 Å². The second kappa shape index (κ2) is 8.97. The first-order chi connectivity index (χ1) is 13.4. The van der Waals surface area contributed by atoms with Crippen LogP contribution in [-0.2, 0) is 19.1 Å². The summed E-state index contributed by atoms with van der Waals surface area (Å²) in [6.45, 7) is 1.78. The Kier molecular flexibility index (Phi) is 6.41. The molecule has 0 aliphatic carbocycles. The van der Waals surface area contributed by atoms with Gasteiger partial charge in [-0.1, -0.05) is 42.5 Å². The van der Waals surface area contributed by atoms with Crippen LogP contribution in [0.1, 0.15) is 23.2 Å². The van der Waals surface area contributed by atoms with Crippen molar-refractivity contribution in [3.05, 3.63) is 83.8 Å². The number of nitrogens with zero attached hydrogens (tertiary/aromatic N) is 3. The van der Waals surface area contributed by atoms with Gasteiger partial charge in [-0.2, -0.15) is 13.2 Å². The lowest BCUT2D eigenvalue weighted by molar-refractivity contribution is -0.137. The van der Waals surface area contributed by atoms with E-state index in [1.807, 2.05) is 18.2 Å². The van der Waals surface area contributed by atoms with E-state index < -0.39 is 11.7 Å². The molecular weight excluding hydrogens is 363 g/mol. The Morgan fingerprint density at radius 1 is 0.929 bits per heavy atom. The molecule has 146 valence electrons. The van der Waals surface area contributed by atoms with E-state index in [1.165, 1.54) is 18.0 Å². The smallest absolute Gasteiger partial charge is 0.302 e. The second-order valence-corrected chi connectivity index (χ2v) is 6.80. The fraction of sp³-hybridized carbons (Fsp3) is 0.273. The second-order valence-electron chi connectivity index (χ2n) is 6.80. The number of hydrogen-bond acceptors (Lipinski definition) is 3. The van der Waals surface area contributed by atoms with Crippen LogP contribution in [0.2, 0.25) is 0 Å². The van der Waals surface area contributed by atoms with Crippen molar-refractivity contribution < 1.29 is 13.2 Å². The van der Waals surface area contributed by atoms with Crippen LogP contribution in [0.15, 0.2) is 67.0 Å². The molecular formula is C22H22F3N3. The van der Waals surface area contributed by atoms with E-state index in [2.05, 4.69) is 34.0 Å². The van der Waals surface area contributed by atoms with Crippen LogP contribution in [-0.4, -0.2) is 28.5 Å². The maximum absolute atomic E-state index is 12.9. The normalized spacial score (nSPS) is 11.8. The minimum Gasteiger partial charge on any atom is -0.302 e. The Balaban J connectivity index is 1.59. The Hall–Kier alpha value is -2.73. The average molecular weight is 385 g/mol. The minimum absolute atomic E-state index is 0.444. The molecule has 0 radical (unpaired) electrons. The van der Waals surface area contributed by atoms with Crippen LogP contribution >= 0.6 is 0 Å². The fourth-order valence-corrected chi connectivity index (χ4v) is 3.05. The van der Waals surface area contributed by atoms with Crippen molar-refractivity contribution in [3.8, 4) is 11.3 Å². The quantitative estimate of drug-likeness (QED) is 0.558. The molecule has 0 fully saturated rings. The van der Waals surface area contributed by atoms with E-state index in [0.29, 0.717) is 11.3 Å². The van der Waals surface area contributed by atoms with Crippen LogP contribution in [0.3, 0.4) is 0 Å². The highest BCUT2D eigenvalue weighted by Gasteiger charge is 2.30. The fourth-order valence-electron chi connectivity index (χ4n) is 3.05. The van der Waals surface area contributed by atoms with E-state index in [1.54, 1.807) is 12.1 Å². The van der Waals surface area contributed by atoms with Crippen LogP contribution in [0.25, 0.3) is 11.3 Å². The van der Waals surface area contributed by atoms with Crippen LogP contribution < -0.4 is 0 Å². The van der Waals surface area contributed by atoms with Crippen molar-refractivity contribution in [3.63, 3.8) is 0 Å². The van der Waals surface area contributed by atoms with Gasteiger partial charge in [0.25, 0.3) is 0 Å². The van der Waals surface area contributed by atoms with Crippen molar-refractivity contribution in [2.45, 2.75) is 25.6 Å². The summed E-state index contributed by atoms with van der Waals surface area (Å²) in [6.07, 6.45) is -1.30. The molecule has 0 bridgehead atoms. The molecule has 0 N–H and O–H groups in total. The van der Waals surface area contributed by atoms with Crippen molar-refractivity contribution in [1.29, 1.82) is 0 Å². The zero-order valence-electron chi connectivity index (χ0n) is 15.7. The number of aryl methyl sites for hydroxylation is 1. The Labute approximate surface area is 162 Å². The molecule has 0 saturated heterocycles. The van der Waals surface area contributed by atoms with Gasteiger partial charge in [0.1, 0.15) is 6.33 Å². The van der Waals surface area contributed by atoms with Crippen LogP contribution in [0.5, 0.6) is 0 Å². The lowest BCUT2D eigenvalue weighted by Crippen LogP contribution is -2.19. The standard InChI is InChI=1S/C22H22F3N3/c1-28(15-17-7-3-2-4-8-17)12-6-11-20-14-21(27-16-26-20)18-9-5-10-19(13-18)22(23,24)25/h2-5,7-10,13-14,16H,6,11-12,15H2,1H3. The Bertz CT molecular complexity index is 895. The molecule has 2 aromatic carbocycles. The summed E-state index contributed by atoms with van der Waals surface area (Å²) in [5, 5.41) is 0. The SMILES string of the molecule is CN(CCCc1cc(-c2cccc(C(F)(F)F)c2)ncn1)Cc1ccccc1. The molecule has 0 spiro atoms. The highest BCUT2D eigenvalue weighted by atomic mass is 19.4. The van der Waals surface area contributed by atoms with Crippen molar-refractivity contribution in [2.24, 2.45) is 0 Å². The largest absolute Gasteiger partial charge is 0.416 e. The van der Waals surface area contributed by atoms with Crippen LogP contribution in [0, 0.1) is 0 Å². The van der Waals surface area contributed by atoms with E-state index in [9.17, 15) is 13.2 Å². The molecule has 0 saturated carbocycles. The molecule has 28 heavy (non-hydrogen) atoms. The number of aromatic nitrogens is 2. The lowest BCUT2D eigenvalue weighted by atomic mass is 10.1. The summed E-state index contributed by atoms with van der Waals surface area (Å²) in [7, 11) is 2.07. The highest BCUT2D eigenvalue weighted by Crippen LogP contribution is 2.31. The number of alkyl halides is 3. The molecule has 0 atom stereocenters. The van der Waals surface area contributed by atoms with Crippen molar-refractivity contribution >= 4 is 0 Å². The molecule has 6 heteroatoms. The first-order valence-corrected chi connectivity index (χ1v) is 9.13. The average Bonchev–Trinajstić information content (AvgIpc) is 2.68. The van der Waals surface area contributed by atoms with Gasteiger partial charge < -0.3 is 4.90 Å². The molecule has 1 heterocycles. The van der Waals surface area contributed by atoms with Gasteiger partial charge in [0, 0.05) is 17.8 Å². The summed E-state index contributed by atoms with van der Waals surface area (Å²) in [5.74, 6) is 0. The monoisotopic (exact) mass is 385 g/mol. The number of hydrogen-bond donors (Lipinski definition) is 0. The molecule has 0 aliphatic heterocycles. The Morgan fingerprint density at radius 2 is 1.71 bits per heavy atom. The van der Waals surface area contributed by atoms with E-state index in [0.717, 1.165) is 43.8 Å². The Morgan fingerprint density at radius 3 is 2.46 bits per heavy atom. The van der Waals surface area contributed by atoms with Gasteiger partial charge >= 0.3 is 6.18 Å². The maximum Gasteiger partial charge on any atom is 0.416 e. The van der Waals surface area contributed by atoms with E-state index >= 15 is 0 Å². The lowest BCUT2D eigenvalue weighted by Gasteiger charge is -2.16. The number of halogens is 3. The zero-order chi connectivity index (χ0) is 20.0. The predicted molar refractivity (Wildman–Crippen MR) is 104 cm³/mol. The minimum atomic E-state index is -4.37. The topological polar surface area (TPSA) is 29.0 Å². The summed E-state index contributed by atoms with van der Waals surface area (Å²) < 4.78 is 38.8. The van der Waals surface area contributed by atoms with E-state index in [-0.39, 0.29) is 0 Å². The molecule has 0 aliphatic rings. The first-order valence-electron chi connectivity index (χ1n) is 9.13. The van der Waals surface area contributed by atoms with Gasteiger partial charge in [-0.3, -0.25) is 0 Å². The van der Waals surface area contributed by atoms with Gasteiger partial charge in [-0.25, -0.2) is 9.97 Å². The summed E-state index contributed by atoms with van der Waals surface area (Å²) in [6, 6.07) is 17.2. The van der Waals surface area contributed by atoms with Gasteiger partial charge in [0.15, 0.2) is 0 Å². The zero-order valence-corrected chi connectivity index (χ0v) is 15.7. The molecule has 3 nitrogen and oxygen atoms in total. The summed E-state index contributed by atoms with van der Waals surface area (Å²) in [5.41, 5.74) is 2.37. The van der Waals surface area contributed by atoms with Crippen LogP contribution in [0.4, 0.5) is 13.2 Å². The number of rotatable bonds is 7. The summed E-state index contributed by atoms with van der Waals surface area (Å²) in [4.78, 5) is 10.6. The third-order valence-corrected chi connectivity index (χ3v) is 4.48. The molecule has 3 rings (SSSR count). The van der Waals surface area contributed by atoms with Gasteiger partial charge in [0.05, 0.1) is 11.3 Å². The summed E-state index contributed by atoms with van der Waals surface area (Å²) >= 11 is 0. The molecule has 0 amide bonds. The van der Waals surface area contributed by atoms with Gasteiger partial charge in [-0.05, 0) is 50.2 Å². The molecule has 0 unspecified atom stereocenters. The van der Waals surface area contributed by atoms with Gasteiger partial charge in [0.2, 0.25) is 0 Å². The number of benzene rings is 2.